The highest BCUT2D eigenvalue weighted by Gasteiger charge is 2.40. The maximum absolute atomic E-state index is 14.1. The van der Waals surface area contributed by atoms with Crippen LogP contribution < -0.4 is 10.6 Å². The zero-order chi connectivity index (χ0) is 33.5. The molecule has 0 bridgehead atoms. The lowest BCUT2D eigenvalue weighted by Crippen LogP contribution is -2.60. The van der Waals surface area contributed by atoms with Crippen LogP contribution >= 0.6 is 0 Å². The van der Waals surface area contributed by atoms with Crippen molar-refractivity contribution in [1.82, 2.24) is 25.3 Å². The van der Waals surface area contributed by atoms with Crippen molar-refractivity contribution in [3.05, 3.63) is 11.6 Å². The fourth-order valence-electron chi connectivity index (χ4n) is 6.38. The van der Waals surface area contributed by atoms with Crippen LogP contribution in [0, 0.1) is 17.3 Å². The van der Waals surface area contributed by atoms with E-state index in [1.54, 1.807) is 23.8 Å². The summed E-state index contributed by atoms with van der Waals surface area (Å²) in [6.07, 6.45) is 5.94. The summed E-state index contributed by atoms with van der Waals surface area (Å²) in [5.74, 6) is -0.730. The van der Waals surface area contributed by atoms with Gasteiger partial charge in [0.25, 0.3) is 0 Å². The van der Waals surface area contributed by atoms with Gasteiger partial charge in [-0.15, -0.1) is 0 Å². The number of carbonyl (C=O) groups is 4. The number of nitrogens with zero attached hydrogens (tertiary/aromatic N) is 3. The number of rotatable bonds is 12. The summed E-state index contributed by atoms with van der Waals surface area (Å²) < 4.78 is 0. The van der Waals surface area contributed by atoms with Crippen LogP contribution in [-0.2, 0) is 19.2 Å². The van der Waals surface area contributed by atoms with Crippen LogP contribution in [0.4, 0.5) is 0 Å². The summed E-state index contributed by atoms with van der Waals surface area (Å²) in [7, 11) is 1.74. The third kappa shape index (κ3) is 9.52. The Kier molecular flexibility index (Phi) is 13.9. The lowest BCUT2D eigenvalue weighted by Gasteiger charge is -2.41. The summed E-state index contributed by atoms with van der Waals surface area (Å²) in [6, 6.07) is -2.13. The maximum Gasteiger partial charge on any atom is 0.249 e. The quantitative estimate of drug-likeness (QED) is 0.288. The first-order chi connectivity index (χ1) is 20.4. The second kappa shape index (κ2) is 16.2. The topological polar surface area (TPSA) is 122 Å². The monoisotopic (exact) mass is 619 g/mol. The third-order valence-electron chi connectivity index (χ3n) is 9.29. The summed E-state index contributed by atoms with van der Waals surface area (Å²) in [4.78, 5) is 59.9. The van der Waals surface area contributed by atoms with Crippen molar-refractivity contribution in [3.63, 3.8) is 0 Å². The molecule has 3 N–H and O–H groups in total. The lowest BCUT2D eigenvalue weighted by atomic mass is 9.84. The molecule has 0 saturated carbocycles. The molecule has 2 saturated heterocycles. The smallest absolute Gasteiger partial charge is 0.249 e. The van der Waals surface area contributed by atoms with Crippen LogP contribution in [0.3, 0.4) is 0 Å². The Morgan fingerprint density at radius 1 is 0.886 bits per heavy atom. The largest absolute Gasteiger partial charge is 0.394 e. The Morgan fingerprint density at radius 2 is 1.48 bits per heavy atom. The molecule has 0 radical (unpaired) electrons. The molecule has 0 aromatic rings. The molecule has 2 aliphatic heterocycles. The molecule has 2 aliphatic rings. The molecule has 10 nitrogen and oxygen atoms in total. The molecule has 2 rings (SSSR count). The van der Waals surface area contributed by atoms with Crippen molar-refractivity contribution in [2.24, 2.45) is 17.3 Å². The Bertz CT molecular complexity index is 1030. The average Bonchev–Trinajstić information content (AvgIpc) is 3.45. The van der Waals surface area contributed by atoms with Gasteiger partial charge in [0.15, 0.2) is 0 Å². The molecule has 0 spiro atoms. The fraction of sp³-hybridized carbons (Fsp3) is 0.824. The first kappa shape index (κ1) is 37.7. The van der Waals surface area contributed by atoms with E-state index in [-0.39, 0.29) is 60.2 Å². The average molecular weight is 620 g/mol. The maximum atomic E-state index is 14.1. The number of hydrogen-bond acceptors (Lipinski definition) is 6. The van der Waals surface area contributed by atoms with E-state index in [4.69, 9.17) is 0 Å². The number of likely N-dealkylation sites (tertiary alicyclic amines) is 2. The van der Waals surface area contributed by atoms with Gasteiger partial charge in [0.1, 0.15) is 12.1 Å². The second-order valence-electron chi connectivity index (χ2n) is 14.9. The van der Waals surface area contributed by atoms with Crippen molar-refractivity contribution in [3.8, 4) is 0 Å². The standard InChI is InChI=1S/C34H61N5O5/c1-21(2)25(20-40)35-30(41)27-16-14-18-39(27)32(43)24(7)19-28(22(3)4)37(11)33(44)29(34(8,9)10)36-31(42)26-15-12-13-17-38(26)23(5)6/h19,21-23,25-29,40H,12-18,20H2,1-11H3,(H,35,41)(H,36,42)/b24-19+/t25-,26?,27?,28+,29?/m0/s1. The molecule has 5 atom stereocenters. The molecule has 0 aromatic heterocycles. The second-order valence-corrected chi connectivity index (χ2v) is 14.9. The van der Waals surface area contributed by atoms with E-state index < -0.39 is 23.5 Å². The van der Waals surface area contributed by atoms with Crippen LogP contribution in [0.15, 0.2) is 11.6 Å². The number of aliphatic hydroxyl groups excluding tert-OH is 1. The zero-order valence-electron chi connectivity index (χ0n) is 29.3. The van der Waals surface area contributed by atoms with Gasteiger partial charge in [-0.1, -0.05) is 61.0 Å². The summed E-state index contributed by atoms with van der Waals surface area (Å²) in [6.45, 7) is 20.9. The third-order valence-corrected chi connectivity index (χ3v) is 9.29. The normalized spacial score (nSPS) is 22.2. The lowest BCUT2D eigenvalue weighted by molar-refractivity contribution is -0.142. The van der Waals surface area contributed by atoms with Crippen molar-refractivity contribution >= 4 is 23.6 Å². The highest BCUT2D eigenvalue weighted by atomic mass is 16.3. The van der Waals surface area contributed by atoms with Gasteiger partial charge in [-0.2, -0.15) is 0 Å². The van der Waals surface area contributed by atoms with Crippen molar-refractivity contribution in [2.75, 3.05) is 26.7 Å². The fourth-order valence-corrected chi connectivity index (χ4v) is 6.38. The summed E-state index contributed by atoms with van der Waals surface area (Å²) in [5, 5.41) is 15.7. The first-order valence-corrected chi connectivity index (χ1v) is 16.7. The van der Waals surface area contributed by atoms with Crippen molar-refractivity contribution in [2.45, 2.75) is 138 Å². The number of nitrogens with one attached hydrogen (secondary N) is 2. The molecule has 0 aliphatic carbocycles. The van der Waals surface area contributed by atoms with E-state index in [9.17, 15) is 24.3 Å². The minimum Gasteiger partial charge on any atom is -0.394 e. The van der Waals surface area contributed by atoms with E-state index in [1.165, 1.54) is 0 Å². The Morgan fingerprint density at radius 3 is 2.00 bits per heavy atom. The minimum atomic E-state index is -0.742. The molecule has 3 unspecified atom stereocenters. The van der Waals surface area contributed by atoms with Gasteiger partial charge in [0, 0.05) is 25.2 Å². The molecular formula is C34H61N5O5. The van der Waals surface area contributed by atoms with Gasteiger partial charge in [-0.05, 0) is 70.3 Å². The van der Waals surface area contributed by atoms with E-state index in [0.29, 0.717) is 18.5 Å². The van der Waals surface area contributed by atoms with Crippen molar-refractivity contribution in [1.29, 1.82) is 0 Å². The van der Waals surface area contributed by atoms with Crippen LogP contribution in [0.1, 0.15) is 101 Å². The van der Waals surface area contributed by atoms with Crippen LogP contribution in [0.25, 0.3) is 0 Å². The van der Waals surface area contributed by atoms with Crippen molar-refractivity contribution < 1.29 is 24.3 Å². The molecule has 2 heterocycles. The van der Waals surface area contributed by atoms with Gasteiger partial charge >= 0.3 is 0 Å². The number of likely N-dealkylation sites (N-methyl/N-ethyl adjacent to an activating group) is 1. The number of hydrogen-bond donors (Lipinski definition) is 3. The molecule has 0 aromatic carbocycles. The molecule has 2 fully saturated rings. The van der Waals surface area contributed by atoms with Crippen LogP contribution in [-0.4, -0.2) is 106 Å². The number of piperidine rings is 1. The van der Waals surface area contributed by atoms with Crippen LogP contribution in [0.5, 0.6) is 0 Å². The Balaban J connectivity index is 2.26. The van der Waals surface area contributed by atoms with Gasteiger partial charge in [0.05, 0.1) is 24.7 Å². The highest BCUT2D eigenvalue weighted by Crippen LogP contribution is 2.27. The van der Waals surface area contributed by atoms with E-state index in [0.717, 1.165) is 32.2 Å². The molecule has 4 amide bonds. The predicted molar refractivity (Wildman–Crippen MR) is 175 cm³/mol. The summed E-state index contributed by atoms with van der Waals surface area (Å²) in [5.41, 5.74) is -0.0655. The Hall–Kier alpha value is -2.46. The molecule has 252 valence electrons. The predicted octanol–water partition coefficient (Wildman–Crippen LogP) is 3.33. The first-order valence-electron chi connectivity index (χ1n) is 16.7. The number of carbonyl (C=O) groups excluding carboxylic acids is 4. The Labute approximate surface area is 266 Å². The number of amides is 4. The van der Waals surface area contributed by atoms with E-state index >= 15 is 0 Å². The molecule has 44 heavy (non-hydrogen) atoms. The SMILES string of the molecule is C/C(=C\[C@H](C(C)C)N(C)C(=O)C(NC(=O)C1CCCCN1C(C)C)C(C)(C)C)C(=O)N1CCCC1C(=O)N[C@@H](CO)C(C)C. The van der Waals surface area contributed by atoms with E-state index in [1.807, 2.05) is 54.5 Å². The summed E-state index contributed by atoms with van der Waals surface area (Å²) >= 11 is 0. The molecule has 10 heteroatoms. The zero-order valence-corrected chi connectivity index (χ0v) is 29.3. The highest BCUT2D eigenvalue weighted by molar-refractivity contribution is 5.97. The minimum absolute atomic E-state index is 0.00757. The van der Waals surface area contributed by atoms with Gasteiger partial charge in [0.2, 0.25) is 23.6 Å². The van der Waals surface area contributed by atoms with Gasteiger partial charge in [-0.25, -0.2) is 0 Å². The van der Waals surface area contributed by atoms with Gasteiger partial charge < -0.3 is 25.5 Å². The van der Waals surface area contributed by atoms with E-state index in [2.05, 4.69) is 29.4 Å². The van der Waals surface area contributed by atoms with Crippen LogP contribution in [0.2, 0.25) is 0 Å². The number of aliphatic hydroxyl groups is 1. The molecular weight excluding hydrogens is 558 g/mol. The van der Waals surface area contributed by atoms with Gasteiger partial charge in [-0.3, -0.25) is 24.1 Å².